The summed E-state index contributed by atoms with van der Waals surface area (Å²) in [5.41, 5.74) is -0.435. The molecule has 2 heterocycles. The standard InChI is InChI=1S/C24H30FN5O5/c1-5-29-12-13-30-21(17(14-29)28(4)24(35)23(34)27(2)3)26-19(20(32)22(30)33)18(31)11-8-15-6-9-16(25)10-7-15/h6-7,9-10,17,32H,5,8,11-14H2,1-4H3. The molecule has 0 radical (unpaired) electrons. The third-order valence-electron chi connectivity index (χ3n) is 6.19. The zero-order valence-electron chi connectivity index (χ0n) is 20.3. The van der Waals surface area contributed by atoms with Gasteiger partial charge in [0, 0.05) is 47.2 Å². The second kappa shape index (κ2) is 10.8. The summed E-state index contributed by atoms with van der Waals surface area (Å²) in [6, 6.07) is 4.89. The average Bonchev–Trinajstić information content (AvgIpc) is 3.03. The lowest BCUT2D eigenvalue weighted by atomic mass is 10.1. The molecule has 1 aliphatic rings. The van der Waals surface area contributed by atoms with Crippen LogP contribution in [0.5, 0.6) is 5.75 Å². The molecular formula is C24H30FN5O5. The Morgan fingerprint density at radius 1 is 1.11 bits per heavy atom. The fraction of sp³-hybridized carbons (Fsp3) is 0.458. The van der Waals surface area contributed by atoms with Gasteiger partial charge in [-0.3, -0.25) is 28.6 Å². The number of ketones is 1. The molecule has 0 saturated carbocycles. The first-order valence-corrected chi connectivity index (χ1v) is 11.4. The maximum absolute atomic E-state index is 13.1. The van der Waals surface area contributed by atoms with Crippen molar-refractivity contribution < 1.29 is 23.9 Å². The van der Waals surface area contributed by atoms with E-state index in [0.29, 0.717) is 19.6 Å². The fourth-order valence-corrected chi connectivity index (χ4v) is 3.98. The van der Waals surface area contributed by atoms with Gasteiger partial charge in [0.2, 0.25) is 5.75 Å². The Labute approximate surface area is 202 Å². The molecule has 0 spiro atoms. The Morgan fingerprint density at radius 2 is 1.77 bits per heavy atom. The van der Waals surface area contributed by atoms with E-state index in [4.69, 9.17) is 0 Å². The van der Waals surface area contributed by atoms with Crippen molar-refractivity contribution in [1.82, 2.24) is 24.3 Å². The molecule has 2 amide bonds. The predicted molar refractivity (Wildman–Crippen MR) is 126 cm³/mol. The molecule has 1 N–H and O–H groups in total. The van der Waals surface area contributed by atoms with Crippen LogP contribution in [0.1, 0.15) is 41.3 Å². The van der Waals surface area contributed by atoms with Gasteiger partial charge in [0.25, 0.3) is 5.56 Å². The fourth-order valence-electron chi connectivity index (χ4n) is 3.98. The van der Waals surface area contributed by atoms with E-state index >= 15 is 0 Å². The van der Waals surface area contributed by atoms with Crippen molar-refractivity contribution in [3.8, 4) is 5.75 Å². The van der Waals surface area contributed by atoms with Crippen molar-refractivity contribution >= 4 is 17.6 Å². The molecule has 0 fully saturated rings. The second-order valence-corrected chi connectivity index (χ2v) is 8.70. The monoisotopic (exact) mass is 487 g/mol. The second-order valence-electron chi connectivity index (χ2n) is 8.70. The normalized spacial score (nSPS) is 15.7. The molecule has 10 nitrogen and oxygen atoms in total. The van der Waals surface area contributed by atoms with Gasteiger partial charge in [-0.15, -0.1) is 0 Å². The first kappa shape index (κ1) is 26.0. The number of carbonyl (C=O) groups excluding carboxylic acids is 3. The van der Waals surface area contributed by atoms with E-state index in [0.717, 1.165) is 10.5 Å². The summed E-state index contributed by atoms with van der Waals surface area (Å²) in [5, 5.41) is 10.5. The van der Waals surface area contributed by atoms with Crippen LogP contribution in [0.15, 0.2) is 29.1 Å². The molecule has 35 heavy (non-hydrogen) atoms. The molecule has 0 aliphatic carbocycles. The number of benzene rings is 1. The number of Topliss-reactive ketones (excluding diaryl/α,β-unsaturated/α-hetero) is 1. The lowest BCUT2D eigenvalue weighted by Gasteiger charge is -2.30. The number of carbonyl (C=O) groups is 3. The van der Waals surface area contributed by atoms with Crippen LogP contribution in [0.4, 0.5) is 4.39 Å². The van der Waals surface area contributed by atoms with Gasteiger partial charge in [0.1, 0.15) is 17.7 Å². The maximum Gasteiger partial charge on any atom is 0.312 e. The minimum absolute atomic E-state index is 0.0608. The number of aryl methyl sites for hydroxylation is 1. The van der Waals surface area contributed by atoms with Crippen LogP contribution in [0.25, 0.3) is 0 Å². The van der Waals surface area contributed by atoms with Crippen LogP contribution >= 0.6 is 0 Å². The third-order valence-corrected chi connectivity index (χ3v) is 6.19. The van der Waals surface area contributed by atoms with Gasteiger partial charge in [-0.2, -0.15) is 0 Å². The number of aromatic nitrogens is 2. The Morgan fingerprint density at radius 3 is 2.37 bits per heavy atom. The molecule has 3 rings (SSSR count). The quantitative estimate of drug-likeness (QED) is 0.474. The van der Waals surface area contributed by atoms with Gasteiger partial charge >= 0.3 is 11.8 Å². The number of hydrogen-bond donors (Lipinski definition) is 1. The molecule has 0 saturated heterocycles. The van der Waals surface area contributed by atoms with Crippen LogP contribution in [-0.4, -0.2) is 87.7 Å². The van der Waals surface area contributed by atoms with Crippen LogP contribution in [0, 0.1) is 5.82 Å². The SMILES string of the molecule is CCN1CCn2c(nc(C(=O)CCc3ccc(F)cc3)c(O)c2=O)C(N(C)C(=O)C(=O)N(C)C)C1. The van der Waals surface area contributed by atoms with E-state index < -0.39 is 40.8 Å². The van der Waals surface area contributed by atoms with Gasteiger partial charge in [-0.1, -0.05) is 19.1 Å². The summed E-state index contributed by atoms with van der Waals surface area (Å²) < 4.78 is 14.4. The number of aromatic hydroxyl groups is 1. The Hall–Kier alpha value is -3.60. The highest BCUT2D eigenvalue weighted by atomic mass is 19.1. The highest BCUT2D eigenvalue weighted by Gasteiger charge is 2.35. The van der Waals surface area contributed by atoms with Crippen molar-refractivity contribution in [2.45, 2.75) is 32.4 Å². The first-order chi connectivity index (χ1) is 16.5. The summed E-state index contributed by atoms with van der Waals surface area (Å²) in [6.45, 7) is 3.51. The number of amides is 2. The molecular weight excluding hydrogens is 457 g/mol. The number of halogens is 1. The Balaban J connectivity index is 2.00. The Bertz CT molecular complexity index is 1180. The highest BCUT2D eigenvalue weighted by molar-refractivity contribution is 6.34. The number of fused-ring (bicyclic) bond motifs is 1. The van der Waals surface area contributed by atoms with Gasteiger partial charge in [0.15, 0.2) is 11.5 Å². The zero-order valence-corrected chi connectivity index (χ0v) is 20.3. The molecule has 1 aromatic carbocycles. The molecule has 1 atom stereocenters. The minimum atomic E-state index is -0.800. The molecule has 1 aromatic heterocycles. The number of nitrogens with zero attached hydrogens (tertiary/aromatic N) is 5. The zero-order chi connectivity index (χ0) is 25.9. The molecule has 11 heteroatoms. The van der Waals surface area contributed by atoms with Crippen molar-refractivity contribution in [1.29, 1.82) is 0 Å². The first-order valence-electron chi connectivity index (χ1n) is 11.4. The highest BCUT2D eigenvalue weighted by Crippen LogP contribution is 2.25. The molecule has 1 aliphatic heterocycles. The molecule has 1 unspecified atom stereocenters. The lowest BCUT2D eigenvalue weighted by molar-refractivity contribution is -0.151. The van der Waals surface area contributed by atoms with Gasteiger partial charge in [0.05, 0.1) is 0 Å². The Kier molecular flexibility index (Phi) is 8.00. The van der Waals surface area contributed by atoms with Crippen LogP contribution in [0.2, 0.25) is 0 Å². The molecule has 188 valence electrons. The van der Waals surface area contributed by atoms with E-state index in [1.54, 1.807) is 12.1 Å². The maximum atomic E-state index is 13.1. The van der Waals surface area contributed by atoms with E-state index in [1.165, 1.54) is 42.7 Å². The van der Waals surface area contributed by atoms with Gasteiger partial charge in [-0.25, -0.2) is 9.37 Å². The summed E-state index contributed by atoms with van der Waals surface area (Å²) in [4.78, 5) is 59.9. The topological polar surface area (TPSA) is 116 Å². The van der Waals surface area contributed by atoms with Crippen LogP contribution < -0.4 is 5.56 Å². The smallest absolute Gasteiger partial charge is 0.312 e. The van der Waals surface area contributed by atoms with Crippen LogP contribution in [0.3, 0.4) is 0 Å². The van der Waals surface area contributed by atoms with E-state index in [1.807, 2.05) is 11.8 Å². The third kappa shape index (κ3) is 5.56. The van der Waals surface area contributed by atoms with Gasteiger partial charge < -0.3 is 14.9 Å². The van der Waals surface area contributed by atoms with Crippen molar-refractivity contribution in [3.05, 3.63) is 57.5 Å². The summed E-state index contributed by atoms with van der Waals surface area (Å²) in [5.74, 6) is -3.08. The summed E-state index contributed by atoms with van der Waals surface area (Å²) in [6.07, 6.45) is 0.205. The largest absolute Gasteiger partial charge is 0.501 e. The van der Waals surface area contributed by atoms with Gasteiger partial charge in [-0.05, 0) is 30.7 Å². The predicted octanol–water partition coefficient (Wildman–Crippen LogP) is 0.827. The minimum Gasteiger partial charge on any atom is -0.501 e. The van der Waals surface area contributed by atoms with Crippen molar-refractivity contribution in [2.24, 2.45) is 0 Å². The number of likely N-dealkylation sites (N-methyl/N-ethyl adjacent to an activating group) is 3. The molecule has 2 aromatic rings. The van der Waals surface area contributed by atoms with E-state index in [-0.39, 0.29) is 30.9 Å². The average molecular weight is 488 g/mol. The summed E-state index contributed by atoms with van der Waals surface area (Å²) in [7, 11) is 4.38. The van der Waals surface area contributed by atoms with E-state index in [9.17, 15) is 28.7 Å². The van der Waals surface area contributed by atoms with Crippen molar-refractivity contribution in [2.75, 3.05) is 40.8 Å². The van der Waals surface area contributed by atoms with Crippen molar-refractivity contribution in [3.63, 3.8) is 0 Å². The number of hydrogen-bond acceptors (Lipinski definition) is 7. The lowest BCUT2D eigenvalue weighted by Crippen LogP contribution is -2.46. The van der Waals surface area contributed by atoms with Crippen LogP contribution in [-0.2, 0) is 22.6 Å². The number of rotatable bonds is 6. The molecule has 0 bridgehead atoms. The summed E-state index contributed by atoms with van der Waals surface area (Å²) >= 11 is 0. The van der Waals surface area contributed by atoms with E-state index in [2.05, 4.69) is 4.98 Å².